The van der Waals surface area contributed by atoms with E-state index in [9.17, 15) is 14.0 Å². The van der Waals surface area contributed by atoms with E-state index < -0.39 is 17.7 Å². The molecule has 2 heterocycles. The SMILES string of the molecule is C=CCOc1ccc([C@H]2CC(=O)N(c3cccc(F)c3)C3=C2C(=O)OC3)cc1. The molecule has 0 saturated carbocycles. The third-order valence-corrected chi connectivity index (χ3v) is 4.83. The molecule has 2 aromatic carbocycles. The van der Waals surface area contributed by atoms with E-state index in [4.69, 9.17) is 9.47 Å². The highest BCUT2D eigenvalue weighted by atomic mass is 19.1. The van der Waals surface area contributed by atoms with Crippen molar-refractivity contribution in [1.29, 1.82) is 0 Å². The summed E-state index contributed by atoms with van der Waals surface area (Å²) in [5.74, 6) is -0.832. The number of amides is 1. The van der Waals surface area contributed by atoms with Crippen LogP contribution in [0.4, 0.5) is 10.1 Å². The van der Waals surface area contributed by atoms with Crippen molar-refractivity contribution in [3.8, 4) is 5.75 Å². The van der Waals surface area contributed by atoms with Gasteiger partial charge in [0.15, 0.2) is 0 Å². The molecule has 0 fully saturated rings. The minimum Gasteiger partial charge on any atom is -0.490 e. The van der Waals surface area contributed by atoms with Crippen LogP contribution in [-0.2, 0) is 14.3 Å². The second-order valence-electron chi connectivity index (χ2n) is 6.57. The van der Waals surface area contributed by atoms with Gasteiger partial charge in [-0.1, -0.05) is 30.9 Å². The molecule has 28 heavy (non-hydrogen) atoms. The summed E-state index contributed by atoms with van der Waals surface area (Å²) in [6, 6.07) is 13.0. The maximum absolute atomic E-state index is 13.7. The maximum Gasteiger partial charge on any atom is 0.336 e. The number of halogens is 1. The third kappa shape index (κ3) is 3.17. The number of ether oxygens (including phenoxy) is 2. The van der Waals surface area contributed by atoms with Crippen molar-refractivity contribution >= 4 is 17.6 Å². The Hall–Kier alpha value is -3.41. The Morgan fingerprint density at radius 1 is 1.21 bits per heavy atom. The van der Waals surface area contributed by atoms with Crippen molar-refractivity contribution in [2.75, 3.05) is 18.1 Å². The highest BCUT2D eigenvalue weighted by molar-refractivity contribution is 6.06. The molecule has 142 valence electrons. The van der Waals surface area contributed by atoms with E-state index >= 15 is 0 Å². The highest BCUT2D eigenvalue weighted by Crippen LogP contribution is 2.42. The Labute approximate surface area is 161 Å². The first-order chi connectivity index (χ1) is 13.6. The number of hydrogen-bond donors (Lipinski definition) is 0. The van der Waals surface area contributed by atoms with Gasteiger partial charge in [0, 0.05) is 12.3 Å². The minimum atomic E-state index is -0.449. The van der Waals surface area contributed by atoms with Crippen LogP contribution in [0.2, 0.25) is 0 Å². The lowest BCUT2D eigenvalue weighted by atomic mass is 9.84. The van der Waals surface area contributed by atoms with Crippen molar-refractivity contribution in [2.45, 2.75) is 12.3 Å². The van der Waals surface area contributed by atoms with E-state index in [0.29, 0.717) is 29.3 Å². The van der Waals surface area contributed by atoms with Crippen LogP contribution in [0.15, 0.2) is 72.5 Å². The van der Waals surface area contributed by atoms with Crippen LogP contribution in [0.3, 0.4) is 0 Å². The Morgan fingerprint density at radius 3 is 2.71 bits per heavy atom. The first-order valence-corrected chi connectivity index (χ1v) is 8.91. The molecule has 6 heteroatoms. The Bertz CT molecular complexity index is 980. The quantitative estimate of drug-likeness (QED) is 0.587. The Kier molecular flexibility index (Phi) is 4.69. The Balaban J connectivity index is 1.72. The molecule has 0 radical (unpaired) electrons. The summed E-state index contributed by atoms with van der Waals surface area (Å²) in [7, 11) is 0. The van der Waals surface area contributed by atoms with Crippen LogP contribution in [0.1, 0.15) is 17.9 Å². The van der Waals surface area contributed by atoms with Gasteiger partial charge < -0.3 is 9.47 Å². The summed E-state index contributed by atoms with van der Waals surface area (Å²) in [6.07, 6.45) is 1.75. The highest BCUT2D eigenvalue weighted by Gasteiger charge is 2.43. The van der Waals surface area contributed by atoms with Gasteiger partial charge in [-0.2, -0.15) is 0 Å². The zero-order valence-corrected chi connectivity index (χ0v) is 15.1. The van der Waals surface area contributed by atoms with Gasteiger partial charge in [-0.25, -0.2) is 9.18 Å². The number of benzene rings is 2. The number of carbonyl (C=O) groups excluding carboxylic acids is 2. The number of cyclic esters (lactones) is 1. The second-order valence-corrected chi connectivity index (χ2v) is 6.57. The van der Waals surface area contributed by atoms with E-state index in [1.807, 2.05) is 12.1 Å². The van der Waals surface area contributed by atoms with Crippen LogP contribution < -0.4 is 9.64 Å². The molecule has 0 aromatic heterocycles. The van der Waals surface area contributed by atoms with Crippen molar-refractivity contribution in [1.82, 2.24) is 0 Å². The maximum atomic E-state index is 13.7. The predicted octanol–water partition coefficient (Wildman–Crippen LogP) is 3.72. The van der Waals surface area contributed by atoms with E-state index in [1.165, 1.54) is 23.1 Å². The number of rotatable bonds is 5. The first-order valence-electron chi connectivity index (χ1n) is 8.91. The molecule has 2 aliphatic rings. The predicted molar refractivity (Wildman–Crippen MR) is 101 cm³/mol. The second kappa shape index (κ2) is 7.31. The smallest absolute Gasteiger partial charge is 0.336 e. The molecule has 0 aliphatic carbocycles. The molecule has 1 amide bonds. The van der Waals surface area contributed by atoms with Gasteiger partial charge in [0.2, 0.25) is 5.91 Å². The van der Waals surface area contributed by atoms with Crippen molar-refractivity contribution < 1.29 is 23.5 Å². The fraction of sp³-hybridized carbons (Fsp3) is 0.182. The largest absolute Gasteiger partial charge is 0.490 e. The molecular weight excluding hydrogens is 361 g/mol. The van der Waals surface area contributed by atoms with Crippen molar-refractivity contribution in [2.24, 2.45) is 0 Å². The average Bonchev–Trinajstić information content (AvgIpc) is 3.07. The van der Waals surface area contributed by atoms with Crippen molar-refractivity contribution in [3.05, 3.63) is 83.8 Å². The van der Waals surface area contributed by atoms with Gasteiger partial charge in [-0.05, 0) is 35.9 Å². The monoisotopic (exact) mass is 379 g/mol. The summed E-state index contributed by atoms with van der Waals surface area (Å²) in [5, 5.41) is 0. The van der Waals surface area contributed by atoms with Gasteiger partial charge >= 0.3 is 5.97 Å². The zero-order chi connectivity index (χ0) is 19.7. The average molecular weight is 379 g/mol. The summed E-state index contributed by atoms with van der Waals surface area (Å²) in [4.78, 5) is 26.7. The van der Waals surface area contributed by atoms with E-state index in [0.717, 1.165) is 5.56 Å². The summed E-state index contributed by atoms with van der Waals surface area (Å²) >= 11 is 0. The van der Waals surface area contributed by atoms with E-state index in [2.05, 4.69) is 6.58 Å². The van der Waals surface area contributed by atoms with Gasteiger partial charge in [-0.3, -0.25) is 9.69 Å². The summed E-state index contributed by atoms with van der Waals surface area (Å²) in [6.45, 7) is 4.00. The number of anilines is 1. The number of esters is 1. The van der Waals surface area contributed by atoms with E-state index in [-0.39, 0.29) is 18.9 Å². The lowest BCUT2D eigenvalue weighted by Gasteiger charge is -2.31. The van der Waals surface area contributed by atoms with Crippen LogP contribution in [0.25, 0.3) is 0 Å². The molecule has 1 atom stereocenters. The molecule has 0 bridgehead atoms. The number of nitrogens with zero attached hydrogens (tertiary/aromatic N) is 1. The number of hydrogen-bond acceptors (Lipinski definition) is 4. The van der Waals surface area contributed by atoms with Gasteiger partial charge in [0.05, 0.1) is 17.0 Å². The molecule has 5 nitrogen and oxygen atoms in total. The number of carbonyl (C=O) groups is 2. The van der Waals surface area contributed by atoms with Crippen LogP contribution in [-0.4, -0.2) is 25.1 Å². The molecule has 0 saturated heterocycles. The fourth-order valence-electron chi connectivity index (χ4n) is 3.61. The van der Waals surface area contributed by atoms with Crippen molar-refractivity contribution in [3.63, 3.8) is 0 Å². The summed E-state index contributed by atoms with van der Waals surface area (Å²) in [5.41, 5.74) is 2.14. The van der Waals surface area contributed by atoms with Gasteiger partial charge in [0.25, 0.3) is 0 Å². The molecule has 0 N–H and O–H groups in total. The fourth-order valence-corrected chi connectivity index (χ4v) is 3.61. The first kappa shape index (κ1) is 18.0. The lowest BCUT2D eigenvalue weighted by molar-refractivity contribution is -0.136. The third-order valence-electron chi connectivity index (χ3n) is 4.83. The zero-order valence-electron chi connectivity index (χ0n) is 15.1. The molecule has 0 unspecified atom stereocenters. The summed E-state index contributed by atoms with van der Waals surface area (Å²) < 4.78 is 24.4. The normalized spacial score (nSPS) is 18.8. The topological polar surface area (TPSA) is 55.8 Å². The Morgan fingerprint density at radius 2 is 2.00 bits per heavy atom. The molecule has 2 aromatic rings. The minimum absolute atomic E-state index is 0.00650. The van der Waals surface area contributed by atoms with Crippen LogP contribution in [0, 0.1) is 5.82 Å². The molecule has 4 rings (SSSR count). The van der Waals surface area contributed by atoms with E-state index in [1.54, 1.807) is 24.3 Å². The van der Waals surface area contributed by atoms with Gasteiger partial charge in [0.1, 0.15) is 24.8 Å². The molecule has 2 aliphatic heterocycles. The standard InChI is InChI=1S/C22H18FNO4/c1-2-10-27-17-8-6-14(7-9-17)18-12-20(25)24(16-5-3-4-15(23)11-16)19-13-28-22(26)21(18)19/h2-9,11,18H,1,10,12-13H2/t18-/m1/s1. The van der Waals surface area contributed by atoms with Crippen LogP contribution in [0.5, 0.6) is 5.75 Å². The molecule has 0 spiro atoms. The van der Waals surface area contributed by atoms with Gasteiger partial charge in [-0.15, -0.1) is 0 Å². The molecular formula is C22H18FNO4. The lowest BCUT2D eigenvalue weighted by Crippen LogP contribution is -2.37. The van der Waals surface area contributed by atoms with Crippen LogP contribution >= 0.6 is 0 Å².